The van der Waals surface area contributed by atoms with Gasteiger partial charge in [-0.1, -0.05) is 18.2 Å². The summed E-state index contributed by atoms with van der Waals surface area (Å²) >= 11 is 0. The van der Waals surface area contributed by atoms with E-state index in [1.165, 1.54) is 12.1 Å². The van der Waals surface area contributed by atoms with Gasteiger partial charge in [-0.2, -0.15) is 15.5 Å². The lowest BCUT2D eigenvalue weighted by Crippen LogP contribution is -2.00. The van der Waals surface area contributed by atoms with Gasteiger partial charge in [-0.3, -0.25) is 4.68 Å². The second-order valence-corrected chi connectivity index (χ2v) is 6.13. The molecule has 4 aromatic rings. The van der Waals surface area contributed by atoms with E-state index in [9.17, 15) is 4.39 Å². The van der Waals surface area contributed by atoms with Crippen molar-refractivity contribution in [2.75, 3.05) is 5.73 Å². The highest BCUT2D eigenvalue weighted by atomic mass is 19.1. The van der Waals surface area contributed by atoms with Crippen molar-refractivity contribution in [3.05, 3.63) is 72.3 Å². The smallest absolute Gasteiger partial charge is 0.146 e. The van der Waals surface area contributed by atoms with Crippen LogP contribution in [0, 0.1) is 17.1 Å². The Morgan fingerprint density at radius 3 is 2.63 bits per heavy atom. The lowest BCUT2D eigenvalue weighted by molar-refractivity contribution is 0.624. The summed E-state index contributed by atoms with van der Waals surface area (Å²) in [6.45, 7) is 0. The highest BCUT2D eigenvalue weighted by Gasteiger charge is 2.13. The first-order valence-electron chi connectivity index (χ1n) is 8.20. The molecule has 4 rings (SSSR count). The van der Waals surface area contributed by atoms with E-state index >= 15 is 0 Å². The van der Waals surface area contributed by atoms with Crippen LogP contribution in [0.3, 0.4) is 0 Å². The quantitative estimate of drug-likeness (QED) is 0.607. The Bertz CT molecular complexity index is 1180. The second kappa shape index (κ2) is 6.42. The molecule has 2 aromatic heterocycles. The van der Waals surface area contributed by atoms with E-state index < -0.39 is 5.82 Å². The van der Waals surface area contributed by atoms with Crippen LogP contribution in [-0.4, -0.2) is 19.6 Å². The average Bonchev–Trinajstić information content (AvgIpc) is 3.27. The summed E-state index contributed by atoms with van der Waals surface area (Å²) in [5.41, 5.74) is 9.87. The number of nitrogens with zero attached hydrogens (tertiary/aromatic N) is 5. The Labute approximate surface area is 154 Å². The van der Waals surface area contributed by atoms with Gasteiger partial charge in [0, 0.05) is 30.4 Å². The maximum Gasteiger partial charge on any atom is 0.146 e. The van der Waals surface area contributed by atoms with Crippen molar-refractivity contribution in [3.8, 4) is 34.1 Å². The zero-order chi connectivity index (χ0) is 19.0. The number of aryl methyl sites for hydroxylation is 1. The Balaban J connectivity index is 1.82. The summed E-state index contributed by atoms with van der Waals surface area (Å²) in [7, 11) is 1.86. The van der Waals surface area contributed by atoms with E-state index in [4.69, 9.17) is 11.0 Å². The van der Waals surface area contributed by atoms with Crippen molar-refractivity contribution in [2.45, 2.75) is 0 Å². The summed E-state index contributed by atoms with van der Waals surface area (Å²) in [5, 5.41) is 17.5. The van der Waals surface area contributed by atoms with Crippen LogP contribution < -0.4 is 5.73 Å². The summed E-state index contributed by atoms with van der Waals surface area (Å²) in [4.78, 5) is 0. The minimum atomic E-state index is -0.578. The molecule has 0 unspecified atom stereocenters. The van der Waals surface area contributed by atoms with Gasteiger partial charge in [0.1, 0.15) is 17.7 Å². The number of nitrogens with two attached hydrogens (primary N) is 1. The van der Waals surface area contributed by atoms with Crippen molar-refractivity contribution in [2.24, 2.45) is 7.05 Å². The number of rotatable bonds is 3. The molecule has 0 bridgehead atoms. The summed E-state index contributed by atoms with van der Waals surface area (Å²) in [6.07, 6.45) is 3.71. The maximum atomic E-state index is 14.1. The lowest BCUT2D eigenvalue weighted by Gasteiger charge is -2.09. The van der Waals surface area contributed by atoms with Crippen LogP contribution in [0.25, 0.3) is 28.1 Å². The van der Waals surface area contributed by atoms with Gasteiger partial charge >= 0.3 is 0 Å². The molecule has 0 amide bonds. The zero-order valence-electron chi connectivity index (χ0n) is 14.5. The van der Waals surface area contributed by atoms with Crippen LogP contribution in [-0.2, 0) is 7.05 Å². The van der Waals surface area contributed by atoms with Crippen molar-refractivity contribution in [1.29, 1.82) is 5.26 Å². The molecule has 0 saturated carbocycles. The third-order valence-corrected chi connectivity index (χ3v) is 4.24. The first-order chi connectivity index (χ1) is 13.0. The minimum Gasteiger partial charge on any atom is -0.382 e. The molecule has 0 spiro atoms. The van der Waals surface area contributed by atoms with E-state index in [1.54, 1.807) is 27.7 Å². The van der Waals surface area contributed by atoms with Gasteiger partial charge in [0.05, 0.1) is 23.1 Å². The number of benzene rings is 2. The molecule has 0 fully saturated rings. The number of nitrogen functional groups attached to an aromatic ring is 1. The fraction of sp³-hybridized carbons (Fsp3) is 0.0500. The molecule has 2 heterocycles. The van der Waals surface area contributed by atoms with Gasteiger partial charge in [0.15, 0.2) is 0 Å². The zero-order valence-corrected chi connectivity index (χ0v) is 14.5. The molecule has 0 atom stereocenters. The predicted octanol–water partition coefficient (Wildman–Crippen LogP) is 3.53. The Morgan fingerprint density at radius 2 is 1.93 bits per heavy atom. The third-order valence-electron chi connectivity index (χ3n) is 4.24. The number of hydrogen-bond donors (Lipinski definition) is 1. The Hall–Kier alpha value is -3.92. The first-order valence-corrected chi connectivity index (χ1v) is 8.20. The van der Waals surface area contributed by atoms with E-state index in [0.717, 1.165) is 16.8 Å². The monoisotopic (exact) mass is 358 g/mol. The molecule has 27 heavy (non-hydrogen) atoms. The van der Waals surface area contributed by atoms with Gasteiger partial charge in [0.2, 0.25) is 0 Å². The van der Waals surface area contributed by atoms with Crippen LogP contribution in [0.4, 0.5) is 10.2 Å². The Kier molecular flexibility index (Phi) is 3.94. The Morgan fingerprint density at radius 1 is 1.07 bits per heavy atom. The molecular weight excluding hydrogens is 343 g/mol. The number of hydrogen-bond acceptors (Lipinski definition) is 4. The van der Waals surface area contributed by atoms with Crippen LogP contribution in [0.15, 0.2) is 60.9 Å². The van der Waals surface area contributed by atoms with Crippen LogP contribution in [0.2, 0.25) is 0 Å². The van der Waals surface area contributed by atoms with E-state index in [0.29, 0.717) is 17.1 Å². The van der Waals surface area contributed by atoms with Crippen molar-refractivity contribution in [3.63, 3.8) is 0 Å². The molecule has 0 saturated heterocycles. The molecule has 2 N–H and O–H groups in total. The van der Waals surface area contributed by atoms with Gasteiger partial charge < -0.3 is 5.73 Å². The number of aromatic nitrogens is 4. The lowest BCUT2D eigenvalue weighted by atomic mass is 10.1. The van der Waals surface area contributed by atoms with Crippen molar-refractivity contribution >= 4 is 5.82 Å². The van der Waals surface area contributed by atoms with E-state index in [2.05, 4.69) is 10.2 Å². The fourth-order valence-electron chi connectivity index (χ4n) is 2.95. The molecule has 0 aliphatic heterocycles. The van der Waals surface area contributed by atoms with Crippen LogP contribution >= 0.6 is 0 Å². The van der Waals surface area contributed by atoms with E-state index in [1.807, 2.05) is 43.6 Å². The first kappa shape index (κ1) is 16.5. The molecule has 0 aliphatic carbocycles. The molecule has 6 nitrogen and oxygen atoms in total. The third kappa shape index (κ3) is 3.04. The summed E-state index contributed by atoms with van der Waals surface area (Å²) in [6, 6.07) is 15.7. The summed E-state index contributed by atoms with van der Waals surface area (Å²) in [5.74, 6) is -0.257. The number of anilines is 1. The van der Waals surface area contributed by atoms with Crippen LogP contribution in [0.5, 0.6) is 0 Å². The molecule has 7 heteroatoms. The molecule has 0 radical (unpaired) electrons. The van der Waals surface area contributed by atoms with Gasteiger partial charge in [-0.15, -0.1) is 0 Å². The average molecular weight is 358 g/mol. The van der Waals surface area contributed by atoms with Gasteiger partial charge in [-0.25, -0.2) is 9.07 Å². The van der Waals surface area contributed by atoms with Crippen molar-refractivity contribution < 1.29 is 4.39 Å². The molecule has 0 aliphatic rings. The van der Waals surface area contributed by atoms with E-state index in [-0.39, 0.29) is 5.56 Å². The van der Waals surface area contributed by atoms with Crippen LogP contribution in [0.1, 0.15) is 5.56 Å². The highest BCUT2D eigenvalue weighted by molar-refractivity contribution is 5.69. The summed E-state index contributed by atoms with van der Waals surface area (Å²) < 4.78 is 17.5. The maximum absolute atomic E-state index is 14.1. The normalized spacial score (nSPS) is 10.7. The SMILES string of the molecule is Cn1cc(-c2cccc(-n3nc(N)cc3-c3ccc(C#N)c(F)c3)c2)cn1. The van der Waals surface area contributed by atoms with Gasteiger partial charge in [-0.05, 0) is 29.8 Å². The number of halogens is 1. The molecule has 2 aromatic carbocycles. The minimum absolute atomic E-state index is 0.00337. The predicted molar refractivity (Wildman–Crippen MR) is 100 cm³/mol. The topological polar surface area (TPSA) is 85.5 Å². The van der Waals surface area contributed by atoms with Gasteiger partial charge in [0.25, 0.3) is 0 Å². The highest BCUT2D eigenvalue weighted by Crippen LogP contribution is 2.28. The fourth-order valence-corrected chi connectivity index (χ4v) is 2.95. The molecule has 132 valence electrons. The standard InChI is InChI=1S/C20H15FN6/c1-26-12-16(11-24-26)13-3-2-4-17(7-13)27-19(9-20(23)25-27)14-5-6-15(10-22)18(21)8-14/h2-9,11-12H,1H3,(H2,23,25). The van der Waals surface area contributed by atoms with Crippen molar-refractivity contribution in [1.82, 2.24) is 19.6 Å². The second-order valence-electron chi connectivity index (χ2n) is 6.13. The molecular formula is C20H15FN6. The number of nitriles is 1. The largest absolute Gasteiger partial charge is 0.382 e.